The summed E-state index contributed by atoms with van der Waals surface area (Å²) in [6.07, 6.45) is 1.55. The minimum Gasteiger partial charge on any atom is -0.386 e. The molecular weight excluding hydrogens is 246 g/mol. The lowest BCUT2D eigenvalue weighted by molar-refractivity contribution is -0.122. The topological polar surface area (TPSA) is 77.2 Å². The van der Waals surface area contributed by atoms with E-state index in [0.717, 1.165) is 31.9 Å². The van der Waals surface area contributed by atoms with Gasteiger partial charge in [0, 0.05) is 18.8 Å². The van der Waals surface area contributed by atoms with Crippen LogP contribution in [-0.4, -0.2) is 45.0 Å². The number of primary amides is 1. The van der Waals surface area contributed by atoms with Gasteiger partial charge >= 0.3 is 0 Å². The molecule has 0 atom stereocenters. The molecule has 19 heavy (non-hydrogen) atoms. The Hall–Kier alpha value is -2.08. The molecule has 1 saturated heterocycles. The van der Waals surface area contributed by atoms with Crippen molar-refractivity contribution in [2.75, 3.05) is 37.8 Å². The molecule has 1 heterocycles. The molecule has 1 amide bonds. The van der Waals surface area contributed by atoms with Gasteiger partial charge in [-0.15, -0.1) is 0 Å². The molecule has 6 heteroatoms. The van der Waals surface area contributed by atoms with Crippen molar-refractivity contribution in [3.05, 3.63) is 29.8 Å². The molecular formula is C13H17N3O3. The van der Waals surface area contributed by atoms with Crippen LogP contribution in [0.2, 0.25) is 0 Å². The molecule has 102 valence electrons. The van der Waals surface area contributed by atoms with E-state index in [0.29, 0.717) is 0 Å². The number of nitrogens with two attached hydrogens (primary N) is 1. The van der Waals surface area contributed by atoms with E-state index in [1.54, 1.807) is 6.21 Å². The third kappa shape index (κ3) is 4.26. The van der Waals surface area contributed by atoms with Crippen LogP contribution in [0, 0.1) is 0 Å². The Labute approximate surface area is 111 Å². The van der Waals surface area contributed by atoms with Crippen molar-refractivity contribution < 1.29 is 14.4 Å². The van der Waals surface area contributed by atoms with Crippen LogP contribution in [0.4, 0.5) is 5.69 Å². The number of anilines is 1. The van der Waals surface area contributed by atoms with Crippen molar-refractivity contribution in [3.63, 3.8) is 0 Å². The minimum absolute atomic E-state index is 0.206. The molecule has 0 bridgehead atoms. The van der Waals surface area contributed by atoms with Gasteiger partial charge in [-0.1, -0.05) is 17.3 Å². The summed E-state index contributed by atoms with van der Waals surface area (Å²) >= 11 is 0. The van der Waals surface area contributed by atoms with Crippen LogP contribution >= 0.6 is 0 Å². The Kier molecular flexibility index (Phi) is 4.74. The standard InChI is InChI=1S/C13H17N3O3/c14-13(17)10-19-15-9-11-1-3-12(4-2-11)16-5-7-18-8-6-16/h1-4,9H,5-8,10H2,(H2,14,17). The summed E-state index contributed by atoms with van der Waals surface area (Å²) in [5.41, 5.74) is 6.99. The number of hydrogen-bond donors (Lipinski definition) is 1. The Morgan fingerprint density at radius 1 is 1.37 bits per heavy atom. The monoisotopic (exact) mass is 263 g/mol. The normalized spacial score (nSPS) is 15.7. The summed E-state index contributed by atoms with van der Waals surface area (Å²) < 4.78 is 5.31. The summed E-state index contributed by atoms with van der Waals surface area (Å²) in [6.45, 7) is 3.15. The maximum absolute atomic E-state index is 10.4. The van der Waals surface area contributed by atoms with Crippen molar-refractivity contribution >= 4 is 17.8 Å². The summed E-state index contributed by atoms with van der Waals surface area (Å²) in [5, 5.41) is 3.66. The second kappa shape index (κ2) is 6.75. The number of carbonyl (C=O) groups is 1. The number of hydrogen-bond acceptors (Lipinski definition) is 5. The van der Waals surface area contributed by atoms with Gasteiger partial charge in [-0.2, -0.15) is 0 Å². The van der Waals surface area contributed by atoms with E-state index < -0.39 is 5.91 Å². The Morgan fingerprint density at radius 3 is 2.68 bits per heavy atom. The Bertz CT molecular complexity index is 439. The van der Waals surface area contributed by atoms with Crippen molar-refractivity contribution in [2.45, 2.75) is 0 Å². The SMILES string of the molecule is NC(=O)CON=Cc1ccc(N2CCOCC2)cc1. The van der Waals surface area contributed by atoms with Crippen molar-refractivity contribution in [1.29, 1.82) is 0 Å². The van der Waals surface area contributed by atoms with E-state index in [9.17, 15) is 4.79 Å². The Balaban J connectivity index is 1.88. The fourth-order valence-electron chi connectivity index (χ4n) is 1.79. The fourth-order valence-corrected chi connectivity index (χ4v) is 1.79. The van der Waals surface area contributed by atoms with E-state index >= 15 is 0 Å². The van der Waals surface area contributed by atoms with Crippen molar-refractivity contribution in [2.24, 2.45) is 10.9 Å². The van der Waals surface area contributed by atoms with Gasteiger partial charge in [0.1, 0.15) is 0 Å². The van der Waals surface area contributed by atoms with Gasteiger partial charge in [-0.05, 0) is 17.7 Å². The third-order valence-corrected chi connectivity index (χ3v) is 2.75. The van der Waals surface area contributed by atoms with Gasteiger partial charge in [0.2, 0.25) is 0 Å². The van der Waals surface area contributed by atoms with Crippen LogP contribution in [0.15, 0.2) is 29.4 Å². The number of amides is 1. The number of oxime groups is 1. The lowest BCUT2D eigenvalue weighted by Gasteiger charge is -2.28. The number of rotatable bonds is 5. The largest absolute Gasteiger partial charge is 0.386 e. The molecule has 0 spiro atoms. The zero-order chi connectivity index (χ0) is 13.5. The van der Waals surface area contributed by atoms with Crippen LogP contribution < -0.4 is 10.6 Å². The first-order chi connectivity index (χ1) is 9.25. The molecule has 1 aromatic rings. The molecule has 0 saturated carbocycles. The molecule has 0 radical (unpaired) electrons. The van der Waals surface area contributed by atoms with Gasteiger partial charge in [-0.25, -0.2) is 0 Å². The van der Waals surface area contributed by atoms with E-state index in [-0.39, 0.29) is 6.61 Å². The number of ether oxygens (including phenoxy) is 1. The summed E-state index contributed by atoms with van der Waals surface area (Å²) in [4.78, 5) is 17.4. The number of benzene rings is 1. The van der Waals surface area contributed by atoms with Gasteiger partial charge in [-0.3, -0.25) is 4.79 Å². The first kappa shape index (κ1) is 13.4. The summed E-state index contributed by atoms with van der Waals surface area (Å²) in [6, 6.07) is 7.95. The van der Waals surface area contributed by atoms with Crippen molar-refractivity contribution in [1.82, 2.24) is 0 Å². The van der Waals surface area contributed by atoms with Crippen LogP contribution in [0.3, 0.4) is 0 Å². The average molecular weight is 263 g/mol. The zero-order valence-electron chi connectivity index (χ0n) is 10.6. The number of morpholine rings is 1. The van der Waals surface area contributed by atoms with Crippen LogP contribution in [0.5, 0.6) is 0 Å². The molecule has 1 aliphatic heterocycles. The summed E-state index contributed by atoms with van der Waals surface area (Å²) in [5.74, 6) is -0.542. The molecule has 0 unspecified atom stereocenters. The van der Waals surface area contributed by atoms with Gasteiger partial charge < -0.3 is 20.2 Å². The zero-order valence-corrected chi connectivity index (χ0v) is 10.6. The third-order valence-electron chi connectivity index (χ3n) is 2.75. The second-order valence-corrected chi connectivity index (χ2v) is 4.17. The van der Waals surface area contributed by atoms with Crippen LogP contribution in [-0.2, 0) is 14.4 Å². The van der Waals surface area contributed by atoms with E-state index in [1.807, 2.05) is 24.3 Å². The predicted molar refractivity (Wildman–Crippen MR) is 72.2 cm³/mol. The quantitative estimate of drug-likeness (QED) is 0.614. The molecule has 2 rings (SSSR count). The highest BCUT2D eigenvalue weighted by Gasteiger charge is 2.10. The number of nitrogens with zero attached hydrogens (tertiary/aromatic N) is 2. The molecule has 0 aliphatic carbocycles. The second-order valence-electron chi connectivity index (χ2n) is 4.17. The fraction of sp³-hybridized carbons (Fsp3) is 0.385. The number of carbonyl (C=O) groups excluding carboxylic acids is 1. The highest BCUT2D eigenvalue weighted by atomic mass is 16.6. The lowest BCUT2D eigenvalue weighted by atomic mass is 10.2. The van der Waals surface area contributed by atoms with Crippen LogP contribution in [0.1, 0.15) is 5.56 Å². The van der Waals surface area contributed by atoms with Crippen molar-refractivity contribution in [3.8, 4) is 0 Å². The molecule has 1 aliphatic rings. The molecule has 1 fully saturated rings. The van der Waals surface area contributed by atoms with E-state index in [1.165, 1.54) is 5.69 Å². The van der Waals surface area contributed by atoms with Gasteiger partial charge in [0.25, 0.3) is 5.91 Å². The molecule has 1 aromatic carbocycles. The molecule has 6 nitrogen and oxygen atoms in total. The van der Waals surface area contributed by atoms with E-state index in [4.69, 9.17) is 15.3 Å². The first-order valence-electron chi connectivity index (χ1n) is 6.12. The molecule has 0 aromatic heterocycles. The predicted octanol–water partition coefficient (Wildman–Crippen LogP) is 0.359. The minimum atomic E-state index is -0.542. The lowest BCUT2D eigenvalue weighted by Crippen LogP contribution is -2.36. The van der Waals surface area contributed by atoms with E-state index in [2.05, 4.69) is 10.1 Å². The van der Waals surface area contributed by atoms with Gasteiger partial charge in [0.15, 0.2) is 6.61 Å². The van der Waals surface area contributed by atoms with Crippen LogP contribution in [0.25, 0.3) is 0 Å². The maximum Gasteiger partial charge on any atom is 0.258 e. The Morgan fingerprint density at radius 2 is 2.05 bits per heavy atom. The maximum atomic E-state index is 10.4. The highest BCUT2D eigenvalue weighted by molar-refractivity contribution is 5.80. The van der Waals surface area contributed by atoms with Gasteiger partial charge in [0.05, 0.1) is 19.4 Å². The highest BCUT2D eigenvalue weighted by Crippen LogP contribution is 2.15. The molecule has 2 N–H and O–H groups in total. The average Bonchev–Trinajstić information content (AvgIpc) is 2.45. The first-order valence-corrected chi connectivity index (χ1v) is 6.12. The summed E-state index contributed by atoms with van der Waals surface area (Å²) in [7, 11) is 0. The smallest absolute Gasteiger partial charge is 0.258 e.